The van der Waals surface area contributed by atoms with Gasteiger partial charge in [0.2, 0.25) is 11.8 Å². The normalized spacial score (nSPS) is 19.0. The molecule has 2 saturated heterocycles. The molecule has 0 bridgehead atoms. The van der Waals surface area contributed by atoms with E-state index < -0.39 is 0 Å². The highest BCUT2D eigenvalue weighted by atomic mass is 16.2. The summed E-state index contributed by atoms with van der Waals surface area (Å²) in [5, 5.41) is 5.68. The molecule has 1 aromatic carbocycles. The molecule has 2 aliphatic heterocycles. The average Bonchev–Trinajstić information content (AvgIpc) is 3.17. The Bertz CT molecular complexity index is 588. The van der Waals surface area contributed by atoms with Gasteiger partial charge in [-0.25, -0.2) is 0 Å². The number of nitrogens with one attached hydrogen (secondary N) is 2. The number of hydrogen-bond donors (Lipinski definition) is 2. The van der Waals surface area contributed by atoms with Crippen LogP contribution in [0.3, 0.4) is 0 Å². The molecule has 1 aromatic rings. The minimum absolute atomic E-state index is 0.00677. The lowest BCUT2D eigenvalue weighted by Gasteiger charge is -2.30. The van der Waals surface area contributed by atoms with Gasteiger partial charge in [-0.3, -0.25) is 14.5 Å². The van der Waals surface area contributed by atoms with E-state index in [1.807, 2.05) is 12.1 Å². The number of rotatable bonds is 5. The van der Waals surface area contributed by atoms with Crippen LogP contribution in [0.2, 0.25) is 0 Å². The van der Waals surface area contributed by atoms with Crippen LogP contribution in [0.15, 0.2) is 24.3 Å². The first-order chi connectivity index (χ1) is 12.2. The maximum Gasteiger partial charge on any atom is 0.238 e. The average molecular weight is 344 g/mol. The smallest absolute Gasteiger partial charge is 0.238 e. The molecule has 2 N–H and O–H groups in total. The van der Waals surface area contributed by atoms with Gasteiger partial charge in [-0.1, -0.05) is 0 Å². The van der Waals surface area contributed by atoms with Crippen molar-refractivity contribution >= 4 is 23.2 Å². The highest BCUT2D eigenvalue weighted by Crippen LogP contribution is 2.22. The van der Waals surface area contributed by atoms with Crippen molar-refractivity contribution in [2.24, 2.45) is 5.92 Å². The molecule has 0 unspecified atom stereocenters. The molecular weight excluding hydrogens is 316 g/mol. The van der Waals surface area contributed by atoms with Crippen LogP contribution in [0.25, 0.3) is 0 Å². The molecule has 2 amide bonds. The molecular formula is C19H28N4O2. The first kappa shape index (κ1) is 17.7. The first-order valence-corrected chi connectivity index (χ1v) is 9.24. The SMILES string of the molecule is CNC(=O)C1CCN(CC(=O)Nc2ccc(N3CCCC3)cc2)CC1. The van der Waals surface area contributed by atoms with E-state index >= 15 is 0 Å². The predicted molar refractivity (Wildman–Crippen MR) is 99.7 cm³/mol. The molecule has 25 heavy (non-hydrogen) atoms. The summed E-state index contributed by atoms with van der Waals surface area (Å²) in [4.78, 5) is 28.4. The van der Waals surface area contributed by atoms with Gasteiger partial charge in [0, 0.05) is 37.4 Å². The van der Waals surface area contributed by atoms with E-state index in [9.17, 15) is 9.59 Å². The van der Waals surface area contributed by atoms with E-state index in [1.165, 1.54) is 18.5 Å². The molecule has 0 atom stereocenters. The summed E-state index contributed by atoms with van der Waals surface area (Å²) in [5.74, 6) is 0.206. The molecule has 6 heteroatoms. The highest BCUT2D eigenvalue weighted by Gasteiger charge is 2.25. The summed E-state index contributed by atoms with van der Waals surface area (Å²) in [5.41, 5.74) is 2.07. The number of nitrogens with zero attached hydrogens (tertiary/aromatic N) is 2. The Balaban J connectivity index is 1.44. The maximum atomic E-state index is 12.3. The van der Waals surface area contributed by atoms with Gasteiger partial charge in [0.1, 0.15) is 0 Å². The Labute approximate surface area is 149 Å². The van der Waals surface area contributed by atoms with Crippen molar-refractivity contribution in [2.75, 3.05) is 50.0 Å². The number of carbonyl (C=O) groups excluding carboxylic acids is 2. The van der Waals surface area contributed by atoms with Crippen molar-refractivity contribution in [3.05, 3.63) is 24.3 Å². The Morgan fingerprint density at radius 2 is 1.68 bits per heavy atom. The number of likely N-dealkylation sites (tertiary alicyclic amines) is 1. The minimum Gasteiger partial charge on any atom is -0.372 e. The van der Waals surface area contributed by atoms with Crippen LogP contribution in [-0.2, 0) is 9.59 Å². The summed E-state index contributed by atoms with van der Waals surface area (Å²) >= 11 is 0. The minimum atomic E-state index is 0.00677. The zero-order chi connectivity index (χ0) is 17.6. The second-order valence-electron chi connectivity index (χ2n) is 6.95. The molecule has 0 aliphatic carbocycles. The van der Waals surface area contributed by atoms with Gasteiger partial charge in [0.25, 0.3) is 0 Å². The number of amides is 2. The summed E-state index contributed by atoms with van der Waals surface area (Å²) in [6, 6.07) is 8.11. The standard InChI is InChI=1S/C19H28N4O2/c1-20-19(25)15-8-12-22(13-9-15)14-18(24)21-16-4-6-17(7-5-16)23-10-2-3-11-23/h4-7,15H,2-3,8-14H2,1H3,(H,20,25)(H,21,24). The van der Waals surface area contributed by atoms with Gasteiger partial charge in [-0.2, -0.15) is 0 Å². The quantitative estimate of drug-likeness (QED) is 0.853. The van der Waals surface area contributed by atoms with Gasteiger partial charge in [-0.15, -0.1) is 0 Å². The molecule has 2 fully saturated rings. The fraction of sp³-hybridized carbons (Fsp3) is 0.579. The van der Waals surface area contributed by atoms with E-state index in [0.29, 0.717) is 6.54 Å². The van der Waals surface area contributed by atoms with Crippen molar-refractivity contribution in [3.8, 4) is 0 Å². The predicted octanol–water partition coefficient (Wildman–Crippen LogP) is 1.68. The van der Waals surface area contributed by atoms with Crippen LogP contribution in [-0.4, -0.2) is 56.5 Å². The van der Waals surface area contributed by atoms with Gasteiger partial charge in [0.15, 0.2) is 0 Å². The fourth-order valence-corrected chi connectivity index (χ4v) is 3.69. The van der Waals surface area contributed by atoms with Gasteiger partial charge in [-0.05, 0) is 63.0 Å². The second-order valence-corrected chi connectivity index (χ2v) is 6.95. The van der Waals surface area contributed by atoms with Gasteiger partial charge < -0.3 is 15.5 Å². The van der Waals surface area contributed by atoms with Crippen molar-refractivity contribution < 1.29 is 9.59 Å². The molecule has 2 heterocycles. The molecule has 2 aliphatic rings. The van der Waals surface area contributed by atoms with E-state index in [4.69, 9.17) is 0 Å². The van der Waals surface area contributed by atoms with Gasteiger partial charge >= 0.3 is 0 Å². The zero-order valence-corrected chi connectivity index (χ0v) is 15.0. The Morgan fingerprint density at radius 3 is 2.28 bits per heavy atom. The fourth-order valence-electron chi connectivity index (χ4n) is 3.69. The number of anilines is 2. The maximum absolute atomic E-state index is 12.3. The Kier molecular flexibility index (Phi) is 5.91. The summed E-state index contributed by atoms with van der Waals surface area (Å²) in [6.07, 6.45) is 4.15. The van der Waals surface area contributed by atoms with Crippen LogP contribution in [0.5, 0.6) is 0 Å². The molecule has 136 valence electrons. The molecule has 0 aromatic heterocycles. The third kappa shape index (κ3) is 4.72. The van der Waals surface area contributed by atoms with Crippen LogP contribution >= 0.6 is 0 Å². The van der Waals surface area contributed by atoms with Crippen molar-refractivity contribution in [1.29, 1.82) is 0 Å². The number of hydrogen-bond acceptors (Lipinski definition) is 4. The van der Waals surface area contributed by atoms with E-state index in [1.54, 1.807) is 7.05 Å². The van der Waals surface area contributed by atoms with Crippen LogP contribution in [0, 0.1) is 5.92 Å². The van der Waals surface area contributed by atoms with E-state index in [-0.39, 0.29) is 17.7 Å². The zero-order valence-electron chi connectivity index (χ0n) is 15.0. The van der Waals surface area contributed by atoms with Crippen LogP contribution in [0.4, 0.5) is 11.4 Å². The Morgan fingerprint density at radius 1 is 1.04 bits per heavy atom. The van der Waals surface area contributed by atoms with E-state index in [2.05, 4.69) is 32.6 Å². The largest absolute Gasteiger partial charge is 0.372 e. The molecule has 0 spiro atoms. The first-order valence-electron chi connectivity index (χ1n) is 9.24. The van der Waals surface area contributed by atoms with Crippen LogP contribution < -0.4 is 15.5 Å². The lowest BCUT2D eigenvalue weighted by Crippen LogP contribution is -2.42. The lowest BCUT2D eigenvalue weighted by molar-refractivity contribution is -0.126. The number of benzene rings is 1. The lowest BCUT2D eigenvalue weighted by atomic mass is 9.96. The summed E-state index contributed by atoms with van der Waals surface area (Å²) in [6.45, 7) is 4.21. The van der Waals surface area contributed by atoms with Gasteiger partial charge in [0.05, 0.1) is 6.54 Å². The third-order valence-corrected chi connectivity index (χ3v) is 5.19. The van der Waals surface area contributed by atoms with E-state index in [0.717, 1.165) is 44.7 Å². The monoisotopic (exact) mass is 344 g/mol. The highest BCUT2D eigenvalue weighted by molar-refractivity contribution is 5.92. The van der Waals surface area contributed by atoms with Crippen molar-refractivity contribution in [1.82, 2.24) is 10.2 Å². The topological polar surface area (TPSA) is 64.7 Å². The summed E-state index contributed by atoms with van der Waals surface area (Å²) < 4.78 is 0. The number of carbonyl (C=O) groups is 2. The molecule has 3 rings (SSSR count). The second kappa shape index (κ2) is 8.34. The summed E-state index contributed by atoms with van der Waals surface area (Å²) in [7, 11) is 1.68. The molecule has 0 saturated carbocycles. The molecule has 6 nitrogen and oxygen atoms in total. The van der Waals surface area contributed by atoms with Crippen molar-refractivity contribution in [3.63, 3.8) is 0 Å². The number of piperidine rings is 1. The van der Waals surface area contributed by atoms with Crippen molar-refractivity contribution in [2.45, 2.75) is 25.7 Å². The van der Waals surface area contributed by atoms with Crippen LogP contribution in [0.1, 0.15) is 25.7 Å². The molecule has 0 radical (unpaired) electrons. The third-order valence-electron chi connectivity index (χ3n) is 5.19. The Hall–Kier alpha value is -2.08.